The molecule has 1 N–H and O–H groups in total. The van der Waals surface area contributed by atoms with Crippen molar-refractivity contribution in [2.75, 3.05) is 0 Å². The Kier molecular flexibility index (Phi) is 4.19. The normalized spacial score (nSPS) is 22.3. The monoisotopic (exact) mass is 372 g/mol. The van der Waals surface area contributed by atoms with E-state index in [0.29, 0.717) is 6.42 Å². The summed E-state index contributed by atoms with van der Waals surface area (Å²) < 4.78 is 14.1. The number of urea groups is 1. The summed E-state index contributed by atoms with van der Waals surface area (Å²) in [6.07, 6.45) is 3.20. The highest BCUT2D eigenvalue weighted by molar-refractivity contribution is 6.31. The summed E-state index contributed by atoms with van der Waals surface area (Å²) in [7, 11) is 0. The summed E-state index contributed by atoms with van der Waals surface area (Å²) in [5, 5.41) is 3.10. The third-order valence-electron chi connectivity index (χ3n) is 5.28. The molecule has 1 fully saturated rings. The van der Waals surface area contributed by atoms with Crippen molar-refractivity contribution in [3.8, 4) is 0 Å². The molecule has 4 nitrogen and oxygen atoms in total. The molecule has 134 valence electrons. The number of hydrogen-bond acceptors (Lipinski definition) is 2. The van der Waals surface area contributed by atoms with E-state index in [4.69, 9.17) is 11.6 Å². The quantitative estimate of drug-likeness (QED) is 0.805. The standard InChI is InChI=1S/C20H18ClFN2O2/c21-16-9-5-10-17(22)14(16)12-24-18(25)20(23-19(24)26)11-4-3-7-13-6-1-2-8-15(13)20/h1-2,5-6,8-10H,3-4,7,11-12H2,(H,23,26). The average Bonchev–Trinajstić information content (AvgIpc) is 2.77. The molecule has 0 saturated carbocycles. The molecule has 0 radical (unpaired) electrons. The van der Waals surface area contributed by atoms with Crippen molar-refractivity contribution >= 4 is 23.5 Å². The van der Waals surface area contributed by atoms with Crippen LogP contribution in [0.3, 0.4) is 0 Å². The third kappa shape index (κ3) is 2.58. The zero-order valence-electron chi connectivity index (χ0n) is 14.1. The fourth-order valence-electron chi connectivity index (χ4n) is 3.96. The SMILES string of the molecule is O=C1NC2(CCCCc3ccccc32)C(=O)N1Cc1c(F)cccc1Cl. The predicted molar refractivity (Wildman–Crippen MR) is 96.2 cm³/mol. The molecule has 3 amide bonds. The largest absolute Gasteiger partial charge is 0.325 e. The van der Waals surface area contributed by atoms with E-state index in [9.17, 15) is 14.0 Å². The van der Waals surface area contributed by atoms with Gasteiger partial charge in [-0.1, -0.05) is 41.9 Å². The lowest BCUT2D eigenvalue weighted by Crippen LogP contribution is -2.44. The number of hydrogen-bond donors (Lipinski definition) is 1. The van der Waals surface area contributed by atoms with E-state index in [1.54, 1.807) is 6.07 Å². The van der Waals surface area contributed by atoms with E-state index in [1.807, 2.05) is 24.3 Å². The summed E-state index contributed by atoms with van der Waals surface area (Å²) in [6.45, 7) is -0.180. The second kappa shape index (κ2) is 6.40. The molecule has 1 aliphatic heterocycles. The van der Waals surface area contributed by atoms with Crippen molar-refractivity contribution in [3.05, 3.63) is 70.0 Å². The first-order chi connectivity index (χ1) is 12.5. The topological polar surface area (TPSA) is 49.4 Å². The minimum atomic E-state index is -1.07. The van der Waals surface area contributed by atoms with E-state index in [-0.39, 0.29) is 23.0 Å². The first-order valence-electron chi connectivity index (χ1n) is 8.68. The second-order valence-corrected chi connectivity index (χ2v) is 7.20. The zero-order chi connectivity index (χ0) is 18.3. The molecule has 2 aromatic rings. The first-order valence-corrected chi connectivity index (χ1v) is 9.06. The lowest BCUT2D eigenvalue weighted by atomic mass is 9.84. The van der Waals surface area contributed by atoms with E-state index in [2.05, 4.69) is 5.32 Å². The maximum atomic E-state index is 14.1. The maximum Gasteiger partial charge on any atom is 0.325 e. The molecule has 1 unspecified atom stereocenters. The Bertz CT molecular complexity index is 881. The van der Waals surface area contributed by atoms with Gasteiger partial charge in [-0.25, -0.2) is 9.18 Å². The number of nitrogens with zero attached hydrogens (tertiary/aromatic N) is 1. The molecule has 2 aliphatic rings. The van der Waals surface area contributed by atoms with Crippen LogP contribution in [0.4, 0.5) is 9.18 Å². The number of benzene rings is 2. The smallest absolute Gasteiger partial charge is 0.319 e. The molecule has 0 bridgehead atoms. The maximum absolute atomic E-state index is 14.1. The van der Waals surface area contributed by atoms with E-state index < -0.39 is 17.4 Å². The number of carbonyl (C=O) groups is 2. The third-order valence-corrected chi connectivity index (χ3v) is 5.63. The number of rotatable bonds is 2. The highest BCUT2D eigenvalue weighted by Crippen LogP contribution is 2.39. The van der Waals surface area contributed by atoms with Crippen LogP contribution >= 0.6 is 11.6 Å². The van der Waals surface area contributed by atoms with Crippen molar-refractivity contribution < 1.29 is 14.0 Å². The van der Waals surface area contributed by atoms with Gasteiger partial charge in [0.15, 0.2) is 0 Å². The molecule has 0 aromatic heterocycles. The predicted octanol–water partition coefficient (Wildman–Crippen LogP) is 4.15. The van der Waals surface area contributed by atoms with Crippen molar-refractivity contribution in [3.63, 3.8) is 0 Å². The van der Waals surface area contributed by atoms with Gasteiger partial charge < -0.3 is 5.32 Å². The number of nitrogens with one attached hydrogen (secondary N) is 1. The van der Waals surface area contributed by atoms with Crippen molar-refractivity contribution in [2.45, 2.75) is 37.8 Å². The lowest BCUT2D eigenvalue weighted by Gasteiger charge is -2.27. The molecule has 4 rings (SSSR count). The summed E-state index contributed by atoms with van der Waals surface area (Å²) in [6, 6.07) is 11.5. The molecule has 26 heavy (non-hydrogen) atoms. The number of carbonyl (C=O) groups excluding carboxylic acids is 2. The molecule has 1 spiro atoms. The summed E-state index contributed by atoms with van der Waals surface area (Å²) in [4.78, 5) is 27.0. The molecule has 1 saturated heterocycles. The van der Waals surface area contributed by atoms with Gasteiger partial charge in [0.05, 0.1) is 6.54 Å². The van der Waals surface area contributed by atoms with Gasteiger partial charge in [-0.2, -0.15) is 0 Å². The van der Waals surface area contributed by atoms with Gasteiger partial charge in [-0.05, 0) is 48.9 Å². The number of fused-ring (bicyclic) bond motifs is 2. The van der Waals surface area contributed by atoms with Crippen molar-refractivity contribution in [2.24, 2.45) is 0 Å². The number of amides is 3. The van der Waals surface area contributed by atoms with Crippen LogP contribution in [0.15, 0.2) is 42.5 Å². The Balaban J connectivity index is 1.74. The van der Waals surface area contributed by atoms with E-state index >= 15 is 0 Å². The van der Waals surface area contributed by atoms with Crippen molar-refractivity contribution in [1.29, 1.82) is 0 Å². The van der Waals surface area contributed by atoms with Gasteiger partial charge in [0, 0.05) is 10.6 Å². The highest BCUT2D eigenvalue weighted by atomic mass is 35.5. The number of imide groups is 1. The zero-order valence-corrected chi connectivity index (χ0v) is 14.9. The van der Waals surface area contributed by atoms with E-state index in [0.717, 1.165) is 35.3 Å². The Morgan fingerprint density at radius 2 is 1.92 bits per heavy atom. The second-order valence-electron chi connectivity index (χ2n) is 6.79. The Morgan fingerprint density at radius 1 is 1.12 bits per heavy atom. The summed E-state index contributed by atoms with van der Waals surface area (Å²) >= 11 is 6.08. The molecule has 1 heterocycles. The van der Waals surface area contributed by atoms with Crippen LogP contribution in [-0.4, -0.2) is 16.8 Å². The minimum absolute atomic E-state index is 0.150. The molecular weight excluding hydrogens is 355 g/mol. The molecule has 6 heteroatoms. The minimum Gasteiger partial charge on any atom is -0.319 e. The Hall–Kier alpha value is -2.40. The Labute approximate surface area is 155 Å². The van der Waals surface area contributed by atoms with E-state index in [1.165, 1.54) is 12.1 Å². The first kappa shape index (κ1) is 17.0. The molecule has 1 aliphatic carbocycles. The van der Waals surface area contributed by atoms with Gasteiger partial charge in [0.25, 0.3) is 5.91 Å². The molecule has 1 atom stereocenters. The number of aryl methyl sites for hydroxylation is 1. The molecule has 2 aromatic carbocycles. The summed E-state index contributed by atoms with van der Waals surface area (Å²) in [5.41, 5.74) is 1.00. The molecular formula is C20H18ClFN2O2. The van der Waals surface area contributed by atoms with Crippen LogP contribution in [0.5, 0.6) is 0 Å². The van der Waals surface area contributed by atoms with Crippen LogP contribution in [0.25, 0.3) is 0 Å². The Morgan fingerprint density at radius 3 is 2.73 bits per heavy atom. The fraction of sp³-hybridized carbons (Fsp3) is 0.300. The number of halogens is 2. The highest BCUT2D eigenvalue weighted by Gasteiger charge is 2.53. The van der Waals surface area contributed by atoms with Gasteiger partial charge in [0.2, 0.25) is 0 Å². The van der Waals surface area contributed by atoms with Gasteiger partial charge >= 0.3 is 6.03 Å². The van der Waals surface area contributed by atoms with Crippen LogP contribution in [0, 0.1) is 5.82 Å². The van der Waals surface area contributed by atoms with Crippen LogP contribution in [0.1, 0.15) is 36.0 Å². The van der Waals surface area contributed by atoms with Gasteiger partial charge in [-0.15, -0.1) is 0 Å². The van der Waals surface area contributed by atoms with Gasteiger partial charge in [0.1, 0.15) is 11.4 Å². The van der Waals surface area contributed by atoms with Crippen LogP contribution < -0.4 is 5.32 Å². The van der Waals surface area contributed by atoms with Crippen LogP contribution in [-0.2, 0) is 23.3 Å². The van der Waals surface area contributed by atoms with Gasteiger partial charge in [-0.3, -0.25) is 9.69 Å². The summed E-state index contributed by atoms with van der Waals surface area (Å²) in [5.74, 6) is -0.864. The van der Waals surface area contributed by atoms with Crippen LogP contribution in [0.2, 0.25) is 5.02 Å². The average molecular weight is 373 g/mol. The fourth-order valence-corrected chi connectivity index (χ4v) is 4.18. The lowest BCUT2D eigenvalue weighted by molar-refractivity contribution is -0.132. The van der Waals surface area contributed by atoms with Crippen molar-refractivity contribution in [1.82, 2.24) is 10.2 Å².